The van der Waals surface area contributed by atoms with Gasteiger partial charge in [-0.25, -0.2) is 0 Å². The maximum absolute atomic E-state index is 9.07. The van der Waals surface area contributed by atoms with E-state index < -0.39 is 0 Å². The first-order valence-corrected chi connectivity index (χ1v) is 8.62. The molecule has 0 saturated carbocycles. The summed E-state index contributed by atoms with van der Waals surface area (Å²) in [7, 11) is 0. The lowest BCUT2D eigenvalue weighted by Crippen LogP contribution is -2.13. The summed E-state index contributed by atoms with van der Waals surface area (Å²) in [6, 6.07) is 14.7. The highest BCUT2D eigenvalue weighted by molar-refractivity contribution is 5.28. The van der Waals surface area contributed by atoms with Gasteiger partial charge in [0, 0.05) is 0 Å². The number of rotatable bonds is 13. The fraction of sp³-hybridized carbons (Fsp3) is 0.400. The Kier molecular flexibility index (Phi) is 9.53. The zero-order valence-corrected chi connectivity index (χ0v) is 14.8. The normalized spacial score (nSPS) is 10.7. The lowest BCUT2D eigenvalue weighted by molar-refractivity contribution is 0.0273. The molecule has 0 spiro atoms. The fourth-order valence-electron chi connectivity index (χ4n) is 2.23. The zero-order valence-electron chi connectivity index (χ0n) is 14.8. The maximum atomic E-state index is 9.07. The van der Waals surface area contributed by atoms with E-state index in [1.807, 2.05) is 36.4 Å². The van der Waals surface area contributed by atoms with Crippen molar-refractivity contribution in [1.82, 2.24) is 0 Å². The van der Waals surface area contributed by atoms with Gasteiger partial charge in [-0.1, -0.05) is 24.3 Å². The Morgan fingerprint density at radius 3 is 1.42 bits per heavy atom. The molecule has 0 heterocycles. The molecule has 6 nitrogen and oxygen atoms in total. The summed E-state index contributed by atoms with van der Waals surface area (Å²) in [6.45, 7) is 2.80. The van der Waals surface area contributed by atoms with Crippen molar-refractivity contribution in [3.8, 4) is 11.5 Å². The Hall–Kier alpha value is -2.12. The van der Waals surface area contributed by atoms with Crippen molar-refractivity contribution in [2.45, 2.75) is 13.2 Å². The number of aliphatic hydroxyl groups excluding tert-OH is 2. The Morgan fingerprint density at radius 1 is 0.577 bits per heavy atom. The van der Waals surface area contributed by atoms with Gasteiger partial charge in [-0.05, 0) is 35.4 Å². The first kappa shape index (κ1) is 20.2. The minimum absolute atomic E-state index is 0.00161. The first-order chi connectivity index (χ1) is 12.8. The Labute approximate surface area is 153 Å². The van der Waals surface area contributed by atoms with Gasteiger partial charge in [-0.2, -0.15) is 0 Å². The van der Waals surface area contributed by atoms with Gasteiger partial charge >= 0.3 is 0 Å². The van der Waals surface area contributed by atoms with Gasteiger partial charge in [0.1, 0.15) is 24.7 Å². The van der Waals surface area contributed by atoms with Crippen LogP contribution in [0, 0.1) is 0 Å². The minimum Gasteiger partial charge on any atom is -0.491 e. The summed E-state index contributed by atoms with van der Waals surface area (Å²) in [5.74, 6) is 1.44. The van der Waals surface area contributed by atoms with E-state index in [2.05, 4.69) is 0 Å². The second kappa shape index (κ2) is 12.3. The summed E-state index contributed by atoms with van der Waals surface area (Å²) in [5, 5.41) is 18.1. The number of hydrogen-bond acceptors (Lipinski definition) is 6. The van der Waals surface area contributed by atoms with Crippen molar-refractivity contribution in [3.05, 3.63) is 59.7 Å². The van der Waals surface area contributed by atoms with E-state index in [9.17, 15) is 0 Å². The number of aliphatic hydroxyl groups is 2. The molecule has 2 N–H and O–H groups in total. The largest absolute Gasteiger partial charge is 0.491 e. The summed E-state index contributed by atoms with van der Waals surface area (Å²) in [4.78, 5) is 0. The molecule has 0 aliphatic heterocycles. The molecule has 0 saturated heterocycles. The van der Waals surface area contributed by atoms with E-state index in [4.69, 9.17) is 29.2 Å². The van der Waals surface area contributed by atoms with Gasteiger partial charge in [0.25, 0.3) is 0 Å². The molecule has 0 fully saturated rings. The highest BCUT2D eigenvalue weighted by Crippen LogP contribution is 2.13. The number of benzene rings is 2. The van der Waals surface area contributed by atoms with Crippen molar-refractivity contribution >= 4 is 0 Å². The monoisotopic (exact) mass is 362 g/mol. The van der Waals surface area contributed by atoms with Gasteiger partial charge in [-0.3, -0.25) is 0 Å². The molecule has 0 aliphatic rings. The highest BCUT2D eigenvalue weighted by atomic mass is 16.6. The van der Waals surface area contributed by atoms with Crippen molar-refractivity contribution in [2.24, 2.45) is 0 Å². The molecule has 26 heavy (non-hydrogen) atoms. The highest BCUT2D eigenvalue weighted by Gasteiger charge is 1.98. The molecule has 142 valence electrons. The van der Waals surface area contributed by atoms with E-state index in [0.29, 0.717) is 39.6 Å². The van der Waals surface area contributed by atoms with Crippen LogP contribution in [0.5, 0.6) is 11.5 Å². The van der Waals surface area contributed by atoms with Crippen LogP contribution in [-0.2, 0) is 22.7 Å². The first-order valence-electron chi connectivity index (χ1n) is 8.62. The van der Waals surface area contributed by atoms with E-state index >= 15 is 0 Å². The third kappa shape index (κ3) is 7.84. The average molecular weight is 362 g/mol. The van der Waals surface area contributed by atoms with Gasteiger partial charge in [0.05, 0.1) is 39.6 Å². The standard InChI is InChI=1S/C20H26O6/c21-15-17-3-1-5-19(13-17)25-11-9-23-7-8-24-10-12-26-20-6-2-4-18(14-20)16-22/h1-6,13-14,21-22H,7-12,15-16H2. The summed E-state index contributed by atoms with van der Waals surface area (Å²) >= 11 is 0. The van der Waals surface area contributed by atoms with Gasteiger partial charge in [-0.15, -0.1) is 0 Å². The predicted molar refractivity (Wildman–Crippen MR) is 97.4 cm³/mol. The average Bonchev–Trinajstić information content (AvgIpc) is 2.69. The molecule has 0 aromatic heterocycles. The summed E-state index contributed by atoms with van der Waals surface area (Å²) < 4.78 is 22.0. The molecular weight excluding hydrogens is 336 g/mol. The second-order valence-corrected chi connectivity index (χ2v) is 5.53. The molecule has 0 bridgehead atoms. The van der Waals surface area contributed by atoms with Crippen molar-refractivity contribution in [3.63, 3.8) is 0 Å². The van der Waals surface area contributed by atoms with Gasteiger partial charge < -0.3 is 29.2 Å². The fourth-order valence-corrected chi connectivity index (χ4v) is 2.23. The van der Waals surface area contributed by atoms with Crippen LogP contribution in [-0.4, -0.2) is 49.9 Å². The van der Waals surface area contributed by atoms with Crippen molar-refractivity contribution in [1.29, 1.82) is 0 Å². The molecule has 0 unspecified atom stereocenters. The van der Waals surface area contributed by atoms with Crippen LogP contribution < -0.4 is 9.47 Å². The van der Waals surface area contributed by atoms with E-state index in [-0.39, 0.29) is 13.2 Å². The van der Waals surface area contributed by atoms with Crippen LogP contribution in [0.4, 0.5) is 0 Å². The smallest absolute Gasteiger partial charge is 0.119 e. The molecule has 6 heteroatoms. The minimum atomic E-state index is 0.00161. The zero-order chi connectivity index (χ0) is 18.5. The summed E-state index contributed by atoms with van der Waals surface area (Å²) in [6.07, 6.45) is 0. The van der Waals surface area contributed by atoms with E-state index in [1.165, 1.54) is 0 Å². The lowest BCUT2D eigenvalue weighted by Gasteiger charge is -2.09. The topological polar surface area (TPSA) is 77.4 Å². The van der Waals surface area contributed by atoms with E-state index in [1.54, 1.807) is 12.1 Å². The number of hydrogen-bond donors (Lipinski definition) is 2. The van der Waals surface area contributed by atoms with Crippen molar-refractivity contribution in [2.75, 3.05) is 39.6 Å². The number of ether oxygens (including phenoxy) is 4. The Morgan fingerprint density at radius 2 is 1.00 bits per heavy atom. The third-order valence-electron chi connectivity index (χ3n) is 3.53. The SMILES string of the molecule is OCc1cccc(OCCOCCOCCOc2cccc(CO)c2)c1. The van der Waals surface area contributed by atoms with E-state index in [0.717, 1.165) is 22.6 Å². The lowest BCUT2D eigenvalue weighted by atomic mass is 10.2. The Balaban J connectivity index is 1.44. The molecule has 0 atom stereocenters. The molecule has 0 aliphatic carbocycles. The van der Waals surface area contributed by atoms with Crippen LogP contribution >= 0.6 is 0 Å². The van der Waals surface area contributed by atoms with Crippen LogP contribution in [0.25, 0.3) is 0 Å². The maximum Gasteiger partial charge on any atom is 0.119 e. The Bertz CT molecular complexity index is 576. The van der Waals surface area contributed by atoms with Crippen LogP contribution in [0.3, 0.4) is 0 Å². The molecule has 2 aromatic rings. The van der Waals surface area contributed by atoms with Crippen LogP contribution in [0.15, 0.2) is 48.5 Å². The molecule has 2 aromatic carbocycles. The molecule has 0 radical (unpaired) electrons. The predicted octanol–water partition coefficient (Wildman–Crippen LogP) is 2.16. The summed E-state index contributed by atoms with van der Waals surface area (Å²) in [5.41, 5.74) is 1.64. The van der Waals surface area contributed by atoms with Gasteiger partial charge in [0.15, 0.2) is 0 Å². The van der Waals surface area contributed by atoms with Crippen LogP contribution in [0.1, 0.15) is 11.1 Å². The van der Waals surface area contributed by atoms with Gasteiger partial charge in [0.2, 0.25) is 0 Å². The molecule has 0 amide bonds. The quantitative estimate of drug-likeness (QED) is 0.532. The molecular formula is C20H26O6. The second-order valence-electron chi connectivity index (χ2n) is 5.53. The van der Waals surface area contributed by atoms with Crippen molar-refractivity contribution < 1.29 is 29.2 Å². The third-order valence-corrected chi connectivity index (χ3v) is 3.53. The molecule has 2 rings (SSSR count). The van der Waals surface area contributed by atoms with Crippen LogP contribution in [0.2, 0.25) is 0 Å².